The Bertz CT molecular complexity index is 1170. The van der Waals surface area contributed by atoms with E-state index >= 15 is 0 Å². The zero-order valence-corrected chi connectivity index (χ0v) is 16.8. The Balaban J connectivity index is 1.67. The van der Waals surface area contributed by atoms with Crippen molar-refractivity contribution in [2.75, 3.05) is 17.3 Å². The van der Waals surface area contributed by atoms with Crippen LogP contribution >= 0.6 is 11.6 Å². The van der Waals surface area contributed by atoms with Gasteiger partial charge in [-0.25, -0.2) is 4.68 Å². The molecule has 0 aliphatic carbocycles. The van der Waals surface area contributed by atoms with E-state index in [-0.39, 0.29) is 18.2 Å². The number of fused-ring (bicyclic) bond motifs is 4. The highest BCUT2D eigenvalue weighted by molar-refractivity contribution is 6.31. The zero-order chi connectivity index (χ0) is 20.3. The Kier molecular flexibility index (Phi) is 3.83. The predicted molar refractivity (Wildman–Crippen MR) is 111 cm³/mol. The first-order valence-corrected chi connectivity index (χ1v) is 9.78. The van der Waals surface area contributed by atoms with Crippen LogP contribution in [0.15, 0.2) is 48.7 Å². The molecular formula is C22H19ClN4O2. The van der Waals surface area contributed by atoms with Gasteiger partial charge in [0.25, 0.3) is 0 Å². The second-order valence-corrected chi connectivity index (χ2v) is 8.14. The van der Waals surface area contributed by atoms with E-state index < -0.39 is 5.41 Å². The van der Waals surface area contributed by atoms with Crippen LogP contribution in [-0.4, -0.2) is 28.6 Å². The van der Waals surface area contributed by atoms with Crippen molar-refractivity contribution in [3.05, 3.63) is 75.9 Å². The number of amides is 2. The Morgan fingerprint density at radius 3 is 2.66 bits per heavy atom. The Hall–Kier alpha value is -3.12. The van der Waals surface area contributed by atoms with Gasteiger partial charge in [0.15, 0.2) is 0 Å². The van der Waals surface area contributed by atoms with Crippen molar-refractivity contribution in [1.29, 1.82) is 0 Å². The maximum Gasteiger partial charge on any atom is 0.242 e. The number of aryl methyl sites for hydroxylation is 1. The summed E-state index contributed by atoms with van der Waals surface area (Å²) in [6, 6.07) is 13.5. The first kappa shape index (κ1) is 17.9. The molecule has 2 aliphatic heterocycles. The van der Waals surface area contributed by atoms with Crippen LogP contribution < -0.4 is 10.2 Å². The summed E-state index contributed by atoms with van der Waals surface area (Å²) in [7, 11) is 1.73. The lowest BCUT2D eigenvalue weighted by molar-refractivity contribution is -0.126. The third kappa shape index (κ3) is 2.52. The van der Waals surface area contributed by atoms with Crippen LogP contribution in [0.5, 0.6) is 0 Å². The molecule has 2 aliphatic rings. The van der Waals surface area contributed by atoms with Crippen LogP contribution in [0.25, 0.3) is 0 Å². The largest absolute Gasteiger partial charge is 0.314 e. The molecule has 1 aromatic heterocycles. The number of halogens is 1. The molecule has 146 valence electrons. The van der Waals surface area contributed by atoms with E-state index in [1.807, 2.05) is 37.3 Å². The van der Waals surface area contributed by atoms with Crippen molar-refractivity contribution in [2.45, 2.75) is 25.3 Å². The van der Waals surface area contributed by atoms with Gasteiger partial charge < -0.3 is 10.2 Å². The van der Waals surface area contributed by atoms with Gasteiger partial charge in [-0.3, -0.25) is 9.59 Å². The molecule has 0 saturated carbocycles. The van der Waals surface area contributed by atoms with Gasteiger partial charge in [0.05, 0.1) is 12.7 Å². The summed E-state index contributed by atoms with van der Waals surface area (Å²) in [4.78, 5) is 27.8. The third-order valence-corrected chi connectivity index (χ3v) is 6.12. The SMILES string of the molecule is Cc1ccc(Cn2ncc3c2NC(=O)C[C@]32C(=O)N(C)c3ccc(Cl)cc32)cc1. The maximum atomic E-state index is 13.4. The average Bonchev–Trinajstić information content (AvgIpc) is 3.18. The van der Waals surface area contributed by atoms with Crippen molar-refractivity contribution in [1.82, 2.24) is 9.78 Å². The van der Waals surface area contributed by atoms with Gasteiger partial charge in [-0.15, -0.1) is 0 Å². The fourth-order valence-electron chi connectivity index (χ4n) is 4.41. The highest BCUT2D eigenvalue weighted by Gasteiger charge is 2.56. The average molecular weight is 407 g/mol. The van der Waals surface area contributed by atoms with Gasteiger partial charge in [0.2, 0.25) is 11.8 Å². The minimum atomic E-state index is -1.10. The molecule has 0 bridgehead atoms. The number of carbonyl (C=O) groups excluding carboxylic acids is 2. The van der Waals surface area contributed by atoms with E-state index in [0.29, 0.717) is 22.9 Å². The second kappa shape index (κ2) is 6.19. The molecule has 7 heteroatoms. The van der Waals surface area contributed by atoms with Gasteiger partial charge in [-0.2, -0.15) is 5.10 Å². The quantitative estimate of drug-likeness (QED) is 0.708. The minimum absolute atomic E-state index is 0.0345. The first-order chi connectivity index (χ1) is 13.9. The van der Waals surface area contributed by atoms with Crippen LogP contribution in [0, 0.1) is 6.92 Å². The summed E-state index contributed by atoms with van der Waals surface area (Å²) >= 11 is 6.26. The number of aromatic nitrogens is 2. The Morgan fingerprint density at radius 2 is 1.90 bits per heavy atom. The Labute approximate surface area is 173 Å². The number of nitrogens with zero attached hydrogens (tertiary/aromatic N) is 3. The lowest BCUT2D eigenvalue weighted by Crippen LogP contribution is -2.45. The molecule has 3 heterocycles. The van der Waals surface area contributed by atoms with Crippen molar-refractivity contribution < 1.29 is 9.59 Å². The fourth-order valence-corrected chi connectivity index (χ4v) is 4.58. The van der Waals surface area contributed by atoms with E-state index in [1.54, 1.807) is 35.0 Å². The van der Waals surface area contributed by atoms with E-state index in [1.165, 1.54) is 5.56 Å². The van der Waals surface area contributed by atoms with Gasteiger partial charge in [0, 0.05) is 29.7 Å². The van der Waals surface area contributed by atoms with Crippen molar-refractivity contribution in [2.24, 2.45) is 0 Å². The summed E-state index contributed by atoms with van der Waals surface area (Å²) in [6.07, 6.45) is 1.73. The highest BCUT2D eigenvalue weighted by Crippen LogP contribution is 2.52. The number of rotatable bonds is 2. The first-order valence-electron chi connectivity index (χ1n) is 9.40. The second-order valence-electron chi connectivity index (χ2n) is 7.71. The predicted octanol–water partition coefficient (Wildman–Crippen LogP) is 3.50. The summed E-state index contributed by atoms with van der Waals surface area (Å²) in [5, 5.41) is 7.99. The molecule has 0 fully saturated rings. The molecule has 2 aromatic carbocycles. The molecule has 3 aromatic rings. The molecule has 1 N–H and O–H groups in total. The lowest BCUT2D eigenvalue weighted by atomic mass is 9.72. The van der Waals surface area contributed by atoms with Crippen molar-refractivity contribution in [3.8, 4) is 0 Å². The summed E-state index contributed by atoms with van der Waals surface area (Å²) < 4.78 is 1.74. The van der Waals surface area contributed by atoms with Gasteiger partial charge in [0.1, 0.15) is 11.2 Å². The topological polar surface area (TPSA) is 67.2 Å². The van der Waals surface area contributed by atoms with Gasteiger partial charge in [-0.1, -0.05) is 41.4 Å². The van der Waals surface area contributed by atoms with Gasteiger partial charge >= 0.3 is 0 Å². The van der Waals surface area contributed by atoms with E-state index in [2.05, 4.69) is 10.4 Å². The molecule has 0 unspecified atom stereocenters. The standard InChI is InChI=1S/C22H19ClN4O2/c1-13-3-5-14(6-4-13)12-27-20-17(11-24-27)22(10-19(28)25-20)16-9-15(23)7-8-18(16)26(2)21(22)29/h3-9,11H,10,12H2,1-2H3,(H,25,28)/t22-/m1/s1. The highest BCUT2D eigenvalue weighted by atomic mass is 35.5. The molecule has 6 nitrogen and oxygen atoms in total. The molecule has 5 rings (SSSR count). The lowest BCUT2D eigenvalue weighted by Gasteiger charge is -2.32. The number of hydrogen-bond acceptors (Lipinski definition) is 3. The number of nitrogens with one attached hydrogen (secondary N) is 1. The number of anilines is 2. The summed E-state index contributed by atoms with van der Waals surface area (Å²) in [5.41, 5.74) is 3.38. The normalized spacial score (nSPS) is 20.0. The third-order valence-electron chi connectivity index (χ3n) is 5.89. The summed E-state index contributed by atoms with van der Waals surface area (Å²) in [5.74, 6) is 0.217. The number of benzene rings is 2. The summed E-state index contributed by atoms with van der Waals surface area (Å²) in [6.45, 7) is 2.53. The molecular weight excluding hydrogens is 388 g/mol. The molecule has 1 atom stereocenters. The smallest absolute Gasteiger partial charge is 0.242 e. The molecule has 29 heavy (non-hydrogen) atoms. The number of hydrogen-bond donors (Lipinski definition) is 1. The molecule has 2 amide bonds. The molecule has 0 saturated heterocycles. The monoisotopic (exact) mass is 406 g/mol. The van der Waals surface area contributed by atoms with Crippen molar-refractivity contribution >= 4 is 34.9 Å². The van der Waals surface area contributed by atoms with Crippen LogP contribution in [0.2, 0.25) is 5.02 Å². The Morgan fingerprint density at radius 1 is 1.14 bits per heavy atom. The molecule has 1 spiro atoms. The van der Waals surface area contributed by atoms with E-state index in [4.69, 9.17) is 11.6 Å². The van der Waals surface area contributed by atoms with E-state index in [9.17, 15) is 9.59 Å². The van der Waals surface area contributed by atoms with Gasteiger partial charge in [-0.05, 0) is 36.2 Å². The molecule has 0 radical (unpaired) electrons. The zero-order valence-electron chi connectivity index (χ0n) is 16.1. The van der Waals surface area contributed by atoms with Crippen molar-refractivity contribution in [3.63, 3.8) is 0 Å². The van der Waals surface area contributed by atoms with E-state index in [0.717, 1.165) is 16.8 Å². The fraction of sp³-hybridized carbons (Fsp3) is 0.227. The number of likely N-dealkylation sites (N-methyl/N-ethyl adjacent to an activating group) is 1. The van der Waals surface area contributed by atoms with Crippen LogP contribution in [-0.2, 0) is 21.5 Å². The number of carbonyl (C=O) groups is 2. The van der Waals surface area contributed by atoms with Crippen LogP contribution in [0.4, 0.5) is 11.5 Å². The van der Waals surface area contributed by atoms with Crippen LogP contribution in [0.1, 0.15) is 28.7 Å². The maximum absolute atomic E-state index is 13.4. The van der Waals surface area contributed by atoms with Crippen LogP contribution in [0.3, 0.4) is 0 Å². The minimum Gasteiger partial charge on any atom is -0.314 e.